The topological polar surface area (TPSA) is 152 Å². The molecule has 1 saturated heterocycles. The molecule has 332 valence electrons. The zero-order valence-corrected chi connectivity index (χ0v) is 36.1. The van der Waals surface area contributed by atoms with E-state index in [9.17, 15) is 30.0 Å². The minimum atomic E-state index is -1.60. The van der Waals surface area contributed by atoms with E-state index in [1.807, 2.05) is 12.2 Å². The van der Waals surface area contributed by atoms with Gasteiger partial charge in [-0.15, -0.1) is 0 Å². The van der Waals surface area contributed by atoms with Crippen LogP contribution < -0.4 is 0 Å². The van der Waals surface area contributed by atoms with Gasteiger partial charge in [0.15, 0.2) is 12.4 Å². The monoisotopic (exact) mass is 809 g/mol. The number of hydrogen-bond donors (Lipinski definition) is 4. The van der Waals surface area contributed by atoms with Crippen LogP contribution in [0.3, 0.4) is 0 Å². The number of esters is 2. The van der Waals surface area contributed by atoms with E-state index in [-0.39, 0.29) is 26.1 Å². The quantitative estimate of drug-likeness (QED) is 0.0270. The summed E-state index contributed by atoms with van der Waals surface area (Å²) in [7, 11) is 0. The lowest BCUT2D eigenvalue weighted by Gasteiger charge is -2.39. The van der Waals surface area contributed by atoms with Gasteiger partial charge < -0.3 is 39.4 Å². The van der Waals surface area contributed by atoms with E-state index in [1.54, 1.807) is 0 Å². The highest BCUT2D eigenvalue weighted by Gasteiger charge is 2.44. The molecule has 0 aromatic carbocycles. The molecule has 1 fully saturated rings. The van der Waals surface area contributed by atoms with E-state index < -0.39 is 55.4 Å². The van der Waals surface area contributed by atoms with Crippen LogP contribution in [-0.2, 0) is 28.5 Å². The molecule has 57 heavy (non-hydrogen) atoms. The first kappa shape index (κ1) is 52.9. The minimum Gasteiger partial charge on any atom is -0.462 e. The van der Waals surface area contributed by atoms with Gasteiger partial charge in [-0.25, -0.2) is 0 Å². The third-order valence-electron chi connectivity index (χ3n) is 10.5. The molecule has 10 nitrogen and oxygen atoms in total. The summed E-state index contributed by atoms with van der Waals surface area (Å²) in [6.45, 7) is 3.36. The second-order valence-electron chi connectivity index (χ2n) is 15.8. The molecule has 6 atom stereocenters. The van der Waals surface area contributed by atoms with Crippen LogP contribution in [0.2, 0.25) is 0 Å². The van der Waals surface area contributed by atoms with Crippen molar-refractivity contribution in [1.29, 1.82) is 0 Å². The highest BCUT2D eigenvalue weighted by Crippen LogP contribution is 2.22. The van der Waals surface area contributed by atoms with Crippen molar-refractivity contribution in [2.24, 2.45) is 0 Å². The Morgan fingerprint density at radius 3 is 1.54 bits per heavy atom. The molecule has 1 aliphatic heterocycles. The van der Waals surface area contributed by atoms with Gasteiger partial charge in [0.2, 0.25) is 0 Å². The maximum Gasteiger partial charge on any atom is 0.306 e. The zero-order valence-electron chi connectivity index (χ0n) is 36.1. The number of aliphatic hydroxyl groups is 4. The van der Waals surface area contributed by atoms with Crippen molar-refractivity contribution in [3.05, 3.63) is 36.5 Å². The molecule has 4 N–H and O–H groups in total. The number of carbonyl (C=O) groups excluding carboxylic acids is 2. The SMILES string of the molecule is CCCCCCCC/C=C/C/C=C/CCC(=O)OC(COC(=O)CCCCCCCCC/C=C/CCCCCCCCCC)CO[C@H]1O[C@@H](CO)[C@@H](O)C(O)C1O. The molecule has 0 aliphatic carbocycles. The number of carbonyl (C=O) groups is 2. The summed E-state index contributed by atoms with van der Waals surface area (Å²) in [6.07, 6.45) is 36.0. The maximum atomic E-state index is 12.7. The summed E-state index contributed by atoms with van der Waals surface area (Å²) >= 11 is 0. The van der Waals surface area contributed by atoms with Crippen molar-refractivity contribution < 1.29 is 49.0 Å². The molecular weight excluding hydrogens is 725 g/mol. The average Bonchev–Trinajstić information content (AvgIpc) is 3.21. The Morgan fingerprint density at radius 2 is 1.02 bits per heavy atom. The molecule has 3 unspecified atom stereocenters. The smallest absolute Gasteiger partial charge is 0.306 e. The standard InChI is InChI=1S/C47H84O10/c1-3-5-7-9-11-13-15-17-18-19-20-21-22-24-25-27-29-31-33-35-42(49)54-38-40(39-55-47-46(53)45(52)44(51)41(37-48)57-47)56-43(50)36-34-32-30-28-26-23-16-14-12-10-8-6-4-2/h19-20,23,26,30,32,40-41,44-48,51-53H,3-18,21-22,24-25,27-29,31,33-39H2,1-2H3/b20-19+,26-23+,32-30+/t40?,41-,44+,45?,46?,47-/m0/s1. The van der Waals surface area contributed by atoms with Crippen molar-refractivity contribution in [3.63, 3.8) is 0 Å². The Morgan fingerprint density at radius 1 is 0.544 bits per heavy atom. The van der Waals surface area contributed by atoms with Crippen LogP contribution in [-0.4, -0.2) is 89.0 Å². The van der Waals surface area contributed by atoms with Crippen molar-refractivity contribution in [3.8, 4) is 0 Å². The molecule has 0 amide bonds. The Bertz CT molecular complexity index is 1030. The fraction of sp³-hybridized carbons (Fsp3) is 0.830. The molecule has 1 rings (SSSR count). The molecule has 0 aromatic rings. The van der Waals surface area contributed by atoms with Crippen LogP contribution in [0.15, 0.2) is 36.5 Å². The van der Waals surface area contributed by atoms with Crippen molar-refractivity contribution >= 4 is 11.9 Å². The molecule has 10 heteroatoms. The first-order valence-corrected chi connectivity index (χ1v) is 23.1. The largest absolute Gasteiger partial charge is 0.462 e. The second kappa shape index (κ2) is 38.1. The third-order valence-corrected chi connectivity index (χ3v) is 10.5. The lowest BCUT2D eigenvalue weighted by Crippen LogP contribution is -2.59. The zero-order chi connectivity index (χ0) is 41.6. The van der Waals surface area contributed by atoms with E-state index in [2.05, 4.69) is 38.2 Å². The van der Waals surface area contributed by atoms with Crippen LogP contribution in [0.1, 0.15) is 194 Å². The van der Waals surface area contributed by atoms with Crippen LogP contribution in [0.25, 0.3) is 0 Å². The molecule has 0 aromatic heterocycles. The molecule has 1 aliphatic rings. The first-order valence-electron chi connectivity index (χ1n) is 23.1. The number of unbranched alkanes of at least 4 members (excludes halogenated alkanes) is 21. The van der Waals surface area contributed by atoms with E-state index in [4.69, 9.17) is 18.9 Å². The number of hydrogen-bond acceptors (Lipinski definition) is 10. The van der Waals surface area contributed by atoms with Gasteiger partial charge in [0.05, 0.1) is 13.2 Å². The Labute approximate surface area is 346 Å². The Kier molecular flexibility index (Phi) is 35.4. The fourth-order valence-corrected chi connectivity index (χ4v) is 6.82. The molecule has 1 heterocycles. The molecule has 0 spiro atoms. The van der Waals surface area contributed by atoms with Gasteiger partial charge in [0, 0.05) is 12.8 Å². The van der Waals surface area contributed by atoms with Gasteiger partial charge in [-0.2, -0.15) is 0 Å². The number of rotatable bonds is 38. The molecule has 0 saturated carbocycles. The predicted molar refractivity (Wildman–Crippen MR) is 229 cm³/mol. The average molecular weight is 809 g/mol. The van der Waals surface area contributed by atoms with Crippen LogP contribution in [0.5, 0.6) is 0 Å². The summed E-state index contributed by atoms with van der Waals surface area (Å²) in [5.74, 6) is -0.887. The van der Waals surface area contributed by atoms with Crippen LogP contribution in [0.4, 0.5) is 0 Å². The maximum absolute atomic E-state index is 12.7. The van der Waals surface area contributed by atoms with Crippen LogP contribution in [0, 0.1) is 0 Å². The minimum absolute atomic E-state index is 0.124. The fourth-order valence-electron chi connectivity index (χ4n) is 6.82. The van der Waals surface area contributed by atoms with Gasteiger partial charge in [-0.3, -0.25) is 9.59 Å². The van der Waals surface area contributed by atoms with E-state index in [1.165, 1.54) is 116 Å². The van der Waals surface area contributed by atoms with E-state index in [0.717, 1.165) is 38.5 Å². The first-order chi connectivity index (χ1) is 27.8. The Balaban J connectivity index is 2.33. The highest BCUT2D eigenvalue weighted by molar-refractivity contribution is 5.70. The Hall–Kier alpha value is -2.08. The number of allylic oxidation sites excluding steroid dienone is 6. The summed E-state index contributed by atoms with van der Waals surface area (Å²) in [6, 6.07) is 0. The number of aliphatic hydroxyl groups excluding tert-OH is 4. The summed E-state index contributed by atoms with van der Waals surface area (Å²) in [4.78, 5) is 25.3. The molecule has 0 radical (unpaired) electrons. The van der Waals surface area contributed by atoms with Gasteiger partial charge in [0.25, 0.3) is 0 Å². The van der Waals surface area contributed by atoms with Gasteiger partial charge in [-0.05, 0) is 57.8 Å². The normalized spacial score (nSPS) is 20.6. The van der Waals surface area contributed by atoms with Crippen LogP contribution >= 0.6 is 0 Å². The molecule has 0 bridgehead atoms. The van der Waals surface area contributed by atoms with E-state index >= 15 is 0 Å². The lowest BCUT2D eigenvalue weighted by atomic mass is 9.99. The summed E-state index contributed by atoms with van der Waals surface area (Å²) in [5, 5.41) is 40.0. The van der Waals surface area contributed by atoms with Crippen molar-refractivity contribution in [1.82, 2.24) is 0 Å². The van der Waals surface area contributed by atoms with Gasteiger partial charge in [0.1, 0.15) is 31.0 Å². The lowest BCUT2D eigenvalue weighted by molar-refractivity contribution is -0.305. The third kappa shape index (κ3) is 29.7. The predicted octanol–water partition coefficient (Wildman–Crippen LogP) is 9.89. The molecular formula is C47H84O10. The van der Waals surface area contributed by atoms with Gasteiger partial charge in [-0.1, -0.05) is 159 Å². The summed E-state index contributed by atoms with van der Waals surface area (Å²) in [5.41, 5.74) is 0. The summed E-state index contributed by atoms with van der Waals surface area (Å²) < 4.78 is 22.1. The van der Waals surface area contributed by atoms with Crippen molar-refractivity contribution in [2.45, 2.75) is 230 Å². The van der Waals surface area contributed by atoms with Gasteiger partial charge >= 0.3 is 11.9 Å². The number of ether oxygens (including phenoxy) is 4. The van der Waals surface area contributed by atoms with E-state index in [0.29, 0.717) is 12.8 Å². The second-order valence-corrected chi connectivity index (χ2v) is 15.8. The van der Waals surface area contributed by atoms with Crippen molar-refractivity contribution in [2.75, 3.05) is 19.8 Å². The highest BCUT2D eigenvalue weighted by atomic mass is 16.7.